The first-order chi connectivity index (χ1) is 10.8. The van der Waals surface area contributed by atoms with Gasteiger partial charge < -0.3 is 4.74 Å². The van der Waals surface area contributed by atoms with Crippen molar-refractivity contribution >= 4 is 40.8 Å². The van der Waals surface area contributed by atoms with E-state index >= 15 is 0 Å². The predicted octanol–water partition coefficient (Wildman–Crippen LogP) is 3.97. The summed E-state index contributed by atoms with van der Waals surface area (Å²) >= 11 is 12.0. The Morgan fingerprint density at radius 2 is 2.09 bits per heavy atom. The molecule has 0 aliphatic heterocycles. The molecule has 1 heterocycles. The maximum atomic E-state index is 12.9. The number of rotatable bonds is 6. The highest BCUT2D eigenvalue weighted by atomic mass is 35.5. The van der Waals surface area contributed by atoms with Crippen molar-refractivity contribution in [2.24, 2.45) is 0 Å². The molecule has 0 aliphatic carbocycles. The molecule has 0 radical (unpaired) electrons. The SMILES string of the molecule is CCOC(C)(C)C(=O)C(=Cc1ccc(Cl)c(Cl)c1)n1cncn1. The monoisotopic (exact) mass is 353 g/mol. The van der Waals surface area contributed by atoms with Crippen LogP contribution in [0.4, 0.5) is 0 Å². The van der Waals surface area contributed by atoms with Crippen molar-refractivity contribution in [3.05, 3.63) is 46.5 Å². The van der Waals surface area contributed by atoms with Gasteiger partial charge in [-0.25, -0.2) is 9.67 Å². The van der Waals surface area contributed by atoms with Crippen LogP contribution >= 0.6 is 23.2 Å². The van der Waals surface area contributed by atoms with Crippen LogP contribution < -0.4 is 0 Å². The Morgan fingerprint density at radius 3 is 2.65 bits per heavy atom. The van der Waals surface area contributed by atoms with Crippen LogP contribution in [0.5, 0.6) is 0 Å². The molecule has 0 saturated carbocycles. The van der Waals surface area contributed by atoms with E-state index in [1.54, 1.807) is 38.1 Å². The number of carbonyl (C=O) groups is 1. The number of ether oxygens (including phenoxy) is 1. The first-order valence-corrected chi connectivity index (χ1v) is 7.81. The van der Waals surface area contributed by atoms with Gasteiger partial charge in [-0.05, 0) is 44.5 Å². The van der Waals surface area contributed by atoms with E-state index in [1.807, 2.05) is 6.92 Å². The van der Waals surface area contributed by atoms with Gasteiger partial charge >= 0.3 is 0 Å². The number of hydrogen-bond donors (Lipinski definition) is 0. The van der Waals surface area contributed by atoms with Gasteiger partial charge in [0.2, 0.25) is 5.78 Å². The summed E-state index contributed by atoms with van der Waals surface area (Å²) in [6.45, 7) is 5.71. The lowest BCUT2D eigenvalue weighted by atomic mass is 9.99. The van der Waals surface area contributed by atoms with E-state index in [-0.39, 0.29) is 5.78 Å². The van der Waals surface area contributed by atoms with Crippen LogP contribution in [-0.4, -0.2) is 32.8 Å². The Hall–Kier alpha value is -1.69. The van der Waals surface area contributed by atoms with Gasteiger partial charge in [0.15, 0.2) is 0 Å². The molecule has 23 heavy (non-hydrogen) atoms. The minimum Gasteiger partial charge on any atom is -0.368 e. The number of halogens is 2. The van der Waals surface area contributed by atoms with E-state index in [1.165, 1.54) is 17.3 Å². The summed E-state index contributed by atoms with van der Waals surface area (Å²) in [5, 5.41) is 4.91. The Morgan fingerprint density at radius 1 is 1.35 bits per heavy atom. The van der Waals surface area contributed by atoms with Crippen LogP contribution in [0, 0.1) is 0 Å². The summed E-state index contributed by atoms with van der Waals surface area (Å²) in [7, 11) is 0. The van der Waals surface area contributed by atoms with Crippen molar-refractivity contribution in [3.8, 4) is 0 Å². The summed E-state index contributed by atoms with van der Waals surface area (Å²) in [6.07, 6.45) is 4.51. The van der Waals surface area contributed by atoms with Crippen LogP contribution in [-0.2, 0) is 9.53 Å². The fourth-order valence-corrected chi connectivity index (χ4v) is 2.37. The molecule has 0 spiro atoms. The number of hydrogen-bond acceptors (Lipinski definition) is 4. The topological polar surface area (TPSA) is 57.0 Å². The van der Waals surface area contributed by atoms with Gasteiger partial charge in [0.25, 0.3) is 0 Å². The second-order valence-electron chi connectivity index (χ2n) is 5.32. The summed E-state index contributed by atoms with van der Waals surface area (Å²) in [5.41, 5.74) is 0.0767. The van der Waals surface area contributed by atoms with E-state index in [2.05, 4.69) is 10.1 Å². The second-order valence-corrected chi connectivity index (χ2v) is 6.13. The highest BCUT2D eigenvalue weighted by Gasteiger charge is 2.32. The number of Topliss-reactive ketones (excluding diaryl/α,β-unsaturated/α-hetero) is 1. The molecule has 1 aromatic heterocycles. The van der Waals surface area contributed by atoms with Crippen molar-refractivity contribution in [1.29, 1.82) is 0 Å². The Labute approximate surface area is 144 Å². The largest absolute Gasteiger partial charge is 0.368 e. The lowest BCUT2D eigenvalue weighted by molar-refractivity contribution is -0.133. The Kier molecular flexibility index (Phi) is 5.57. The standard InChI is InChI=1S/C16H17Cl2N3O2/c1-4-23-16(2,3)15(22)14(21-10-19-9-20-21)8-11-5-6-12(17)13(18)7-11/h5-10H,4H2,1-3H3. The molecule has 122 valence electrons. The first-order valence-electron chi connectivity index (χ1n) is 7.05. The second kappa shape index (κ2) is 7.25. The molecule has 2 rings (SSSR count). The van der Waals surface area contributed by atoms with E-state index in [0.29, 0.717) is 22.3 Å². The molecule has 0 N–H and O–H groups in total. The van der Waals surface area contributed by atoms with Gasteiger partial charge in [0.05, 0.1) is 10.0 Å². The summed E-state index contributed by atoms with van der Waals surface area (Å²) in [5.74, 6) is -0.212. The van der Waals surface area contributed by atoms with Crippen molar-refractivity contribution in [2.75, 3.05) is 6.61 Å². The molecule has 5 nitrogen and oxygen atoms in total. The smallest absolute Gasteiger partial charge is 0.212 e. The van der Waals surface area contributed by atoms with Crippen LogP contribution in [0.3, 0.4) is 0 Å². The minimum atomic E-state index is -0.983. The van der Waals surface area contributed by atoms with Gasteiger partial charge in [-0.2, -0.15) is 5.10 Å². The van der Waals surface area contributed by atoms with Gasteiger partial charge in [-0.3, -0.25) is 4.79 Å². The molecular formula is C16H17Cl2N3O2. The number of carbonyl (C=O) groups excluding carboxylic acids is 1. The number of ketones is 1. The normalized spacial score (nSPS) is 12.5. The highest BCUT2D eigenvalue weighted by molar-refractivity contribution is 6.42. The van der Waals surface area contributed by atoms with Crippen LogP contribution in [0.2, 0.25) is 10.0 Å². The van der Waals surface area contributed by atoms with E-state index in [0.717, 1.165) is 5.56 Å². The molecule has 0 bridgehead atoms. The third kappa shape index (κ3) is 4.19. The summed E-state index contributed by atoms with van der Waals surface area (Å²) in [6, 6.07) is 5.13. The quantitative estimate of drug-likeness (QED) is 0.737. The average Bonchev–Trinajstić information content (AvgIpc) is 3.01. The van der Waals surface area contributed by atoms with E-state index in [9.17, 15) is 4.79 Å². The minimum absolute atomic E-state index is 0.212. The third-order valence-corrected chi connectivity index (χ3v) is 3.94. The molecule has 0 amide bonds. The first kappa shape index (κ1) is 17.7. The molecule has 0 fully saturated rings. The van der Waals surface area contributed by atoms with Gasteiger partial charge in [-0.1, -0.05) is 29.3 Å². The van der Waals surface area contributed by atoms with Gasteiger partial charge in [0, 0.05) is 6.61 Å². The van der Waals surface area contributed by atoms with Crippen molar-refractivity contribution in [1.82, 2.24) is 14.8 Å². The molecule has 0 aliphatic rings. The van der Waals surface area contributed by atoms with Crippen LogP contribution in [0.15, 0.2) is 30.9 Å². The highest BCUT2D eigenvalue weighted by Crippen LogP contribution is 2.26. The zero-order chi connectivity index (χ0) is 17.0. The zero-order valence-corrected chi connectivity index (χ0v) is 14.6. The molecule has 0 unspecified atom stereocenters. The zero-order valence-electron chi connectivity index (χ0n) is 13.1. The van der Waals surface area contributed by atoms with E-state index in [4.69, 9.17) is 27.9 Å². The van der Waals surface area contributed by atoms with Crippen LogP contribution in [0.25, 0.3) is 11.8 Å². The summed E-state index contributed by atoms with van der Waals surface area (Å²) < 4.78 is 6.96. The average molecular weight is 354 g/mol. The molecule has 0 atom stereocenters. The van der Waals surface area contributed by atoms with Crippen molar-refractivity contribution in [2.45, 2.75) is 26.4 Å². The fraction of sp³-hybridized carbons (Fsp3) is 0.312. The predicted molar refractivity (Wildman–Crippen MR) is 91.4 cm³/mol. The maximum absolute atomic E-state index is 12.9. The number of benzene rings is 1. The molecule has 7 heteroatoms. The Bertz CT molecular complexity index is 725. The van der Waals surface area contributed by atoms with Crippen LogP contribution in [0.1, 0.15) is 26.3 Å². The van der Waals surface area contributed by atoms with Crippen molar-refractivity contribution < 1.29 is 9.53 Å². The van der Waals surface area contributed by atoms with Crippen molar-refractivity contribution in [3.63, 3.8) is 0 Å². The molecule has 0 saturated heterocycles. The molecule has 2 aromatic rings. The third-order valence-electron chi connectivity index (χ3n) is 3.20. The molecular weight excluding hydrogens is 337 g/mol. The van der Waals surface area contributed by atoms with Gasteiger partial charge in [0.1, 0.15) is 24.0 Å². The lowest BCUT2D eigenvalue weighted by Gasteiger charge is -2.24. The number of aromatic nitrogens is 3. The lowest BCUT2D eigenvalue weighted by Crippen LogP contribution is -2.37. The number of nitrogens with zero attached hydrogens (tertiary/aromatic N) is 3. The fourth-order valence-electron chi connectivity index (χ4n) is 2.06. The van der Waals surface area contributed by atoms with E-state index < -0.39 is 5.60 Å². The van der Waals surface area contributed by atoms with Gasteiger partial charge in [-0.15, -0.1) is 0 Å². The maximum Gasteiger partial charge on any atom is 0.212 e. The molecule has 1 aromatic carbocycles. The summed E-state index contributed by atoms with van der Waals surface area (Å²) in [4.78, 5) is 16.8. The Balaban J connectivity index is 2.49.